The smallest absolute Gasteiger partial charge is 0.459 e. The second kappa shape index (κ2) is 17.0. The molecule has 50 heavy (non-hydrogen) atoms. The highest BCUT2D eigenvalue weighted by Crippen LogP contribution is 2.51. The van der Waals surface area contributed by atoms with E-state index < -0.39 is 69.0 Å². The summed E-state index contributed by atoms with van der Waals surface area (Å²) in [4.78, 5) is 53.6. The lowest BCUT2D eigenvalue weighted by Crippen LogP contribution is -2.63. The van der Waals surface area contributed by atoms with Crippen LogP contribution in [0.5, 0.6) is 0 Å². The highest BCUT2D eigenvalue weighted by Gasteiger charge is 2.55. The van der Waals surface area contributed by atoms with E-state index in [1.165, 1.54) is 48.5 Å². The Labute approximate surface area is 287 Å². The summed E-state index contributed by atoms with van der Waals surface area (Å²) < 4.78 is 58.2. The lowest BCUT2D eigenvalue weighted by molar-refractivity contribution is -0.279. The fraction of sp³-hybridized carbons (Fsp3) is 0.222. The maximum Gasteiger partial charge on any atom is 0.476 e. The summed E-state index contributed by atoms with van der Waals surface area (Å²) in [6, 6.07) is 31.6. The molecular formula is C36H33O13P. The molecule has 5 rings (SSSR count). The van der Waals surface area contributed by atoms with E-state index in [1.54, 1.807) is 72.8 Å². The van der Waals surface area contributed by atoms with E-state index in [4.69, 9.17) is 37.3 Å². The zero-order chi connectivity index (χ0) is 35.5. The van der Waals surface area contributed by atoms with Gasteiger partial charge in [-0.1, -0.05) is 72.8 Å². The molecule has 0 aliphatic carbocycles. The molecule has 0 unspecified atom stereocenters. The molecule has 1 saturated heterocycles. The molecule has 0 N–H and O–H groups in total. The van der Waals surface area contributed by atoms with Crippen LogP contribution in [0.3, 0.4) is 0 Å². The third-order valence-corrected chi connectivity index (χ3v) is 8.78. The van der Waals surface area contributed by atoms with Crippen molar-refractivity contribution in [3.63, 3.8) is 0 Å². The summed E-state index contributed by atoms with van der Waals surface area (Å²) in [7, 11) is -2.30. The van der Waals surface area contributed by atoms with Gasteiger partial charge in [0, 0.05) is 14.2 Å². The number of ether oxygens (including phenoxy) is 5. The molecular weight excluding hydrogens is 671 g/mol. The minimum atomic E-state index is -4.40. The first kappa shape index (κ1) is 36.1. The fourth-order valence-electron chi connectivity index (χ4n) is 4.90. The molecule has 0 saturated carbocycles. The van der Waals surface area contributed by atoms with Gasteiger partial charge < -0.3 is 23.7 Å². The Morgan fingerprint density at radius 3 is 1.30 bits per heavy atom. The molecule has 0 amide bonds. The summed E-state index contributed by atoms with van der Waals surface area (Å²) in [5, 5.41) is 0. The minimum Gasteiger partial charge on any atom is -0.459 e. The van der Waals surface area contributed by atoms with Crippen molar-refractivity contribution >= 4 is 31.7 Å². The van der Waals surface area contributed by atoms with Gasteiger partial charge in [0.1, 0.15) is 12.7 Å². The molecule has 0 bridgehead atoms. The van der Waals surface area contributed by atoms with Crippen molar-refractivity contribution in [1.29, 1.82) is 0 Å². The SMILES string of the molecule is COP(=O)(OC)O[C@H]1O[C@H](COC(=O)c2ccccc2)[C@@H](OC(=O)c2ccccc2)[C@H](OC(=O)c2ccccc2)[C@H]1OC(=O)c1ccccc1. The Kier molecular flexibility index (Phi) is 12.3. The van der Waals surface area contributed by atoms with E-state index in [2.05, 4.69) is 0 Å². The summed E-state index contributed by atoms with van der Waals surface area (Å²) in [5.41, 5.74) is 0.529. The number of hydrogen-bond donors (Lipinski definition) is 0. The molecule has 13 nitrogen and oxygen atoms in total. The van der Waals surface area contributed by atoms with Crippen LogP contribution in [-0.2, 0) is 41.8 Å². The third kappa shape index (κ3) is 9.08. The number of rotatable bonds is 13. The first-order valence-corrected chi connectivity index (χ1v) is 16.7. The normalized spacial score (nSPS) is 20.2. The van der Waals surface area contributed by atoms with E-state index in [9.17, 15) is 23.7 Å². The average molecular weight is 705 g/mol. The van der Waals surface area contributed by atoms with Crippen molar-refractivity contribution in [2.75, 3.05) is 20.8 Å². The van der Waals surface area contributed by atoms with Crippen molar-refractivity contribution in [2.45, 2.75) is 30.7 Å². The van der Waals surface area contributed by atoms with Gasteiger partial charge in [-0.2, -0.15) is 0 Å². The Morgan fingerprint density at radius 1 is 0.540 bits per heavy atom. The number of esters is 4. The largest absolute Gasteiger partial charge is 0.476 e. The molecule has 4 aromatic rings. The number of phosphoric ester groups is 1. The number of carbonyl (C=O) groups is 4. The number of phosphoric acid groups is 1. The lowest BCUT2D eigenvalue weighted by Gasteiger charge is -2.44. The van der Waals surface area contributed by atoms with Gasteiger partial charge in [-0.15, -0.1) is 0 Å². The quantitative estimate of drug-likeness (QED) is 0.0954. The second-order valence-corrected chi connectivity index (χ2v) is 12.5. The van der Waals surface area contributed by atoms with Crippen LogP contribution in [0.4, 0.5) is 0 Å². The average Bonchev–Trinajstić information content (AvgIpc) is 3.17. The van der Waals surface area contributed by atoms with Crippen molar-refractivity contribution in [3.05, 3.63) is 144 Å². The highest BCUT2D eigenvalue weighted by molar-refractivity contribution is 7.48. The molecule has 260 valence electrons. The molecule has 14 heteroatoms. The Hall–Kier alpha value is -5.17. The predicted molar refractivity (Wildman–Crippen MR) is 175 cm³/mol. The Balaban J connectivity index is 1.58. The summed E-state index contributed by atoms with van der Waals surface area (Å²) in [6.07, 6.45) is -8.37. The number of hydrogen-bond acceptors (Lipinski definition) is 13. The molecule has 5 atom stereocenters. The maximum absolute atomic E-state index is 13.6. The summed E-state index contributed by atoms with van der Waals surface area (Å²) >= 11 is 0. The van der Waals surface area contributed by atoms with Crippen molar-refractivity contribution in [3.8, 4) is 0 Å². The van der Waals surface area contributed by atoms with Crippen LogP contribution in [0.2, 0.25) is 0 Å². The summed E-state index contributed by atoms with van der Waals surface area (Å²) in [6.45, 7) is -0.594. The third-order valence-electron chi connectivity index (χ3n) is 7.42. The molecule has 1 fully saturated rings. The monoisotopic (exact) mass is 704 g/mol. The topological polar surface area (TPSA) is 159 Å². The van der Waals surface area contributed by atoms with Gasteiger partial charge in [0.2, 0.25) is 6.29 Å². The predicted octanol–water partition coefficient (Wildman–Crippen LogP) is 5.66. The van der Waals surface area contributed by atoms with Crippen molar-refractivity contribution in [2.24, 2.45) is 0 Å². The zero-order valence-electron chi connectivity index (χ0n) is 26.9. The fourth-order valence-corrected chi connectivity index (χ4v) is 5.65. The lowest BCUT2D eigenvalue weighted by atomic mass is 9.97. The van der Waals surface area contributed by atoms with Crippen LogP contribution in [0.25, 0.3) is 0 Å². The minimum absolute atomic E-state index is 0.0952. The molecule has 0 aromatic heterocycles. The van der Waals surface area contributed by atoms with Crippen molar-refractivity contribution < 1.29 is 61.0 Å². The molecule has 1 aliphatic heterocycles. The summed E-state index contributed by atoms with van der Waals surface area (Å²) in [5.74, 6) is -3.44. The van der Waals surface area contributed by atoms with Crippen molar-refractivity contribution in [1.82, 2.24) is 0 Å². The molecule has 1 heterocycles. The van der Waals surface area contributed by atoms with E-state index in [0.29, 0.717) is 0 Å². The van der Waals surface area contributed by atoms with Gasteiger partial charge in [-0.3, -0.25) is 13.6 Å². The zero-order valence-corrected chi connectivity index (χ0v) is 27.8. The Morgan fingerprint density at radius 2 is 0.900 bits per heavy atom. The van der Waals surface area contributed by atoms with Crippen LogP contribution in [0, 0.1) is 0 Å². The van der Waals surface area contributed by atoms with E-state index in [0.717, 1.165) is 14.2 Å². The van der Waals surface area contributed by atoms with E-state index in [-0.39, 0.29) is 22.3 Å². The molecule has 1 aliphatic rings. The molecule has 0 radical (unpaired) electrons. The van der Waals surface area contributed by atoms with Gasteiger partial charge in [-0.25, -0.2) is 23.7 Å². The maximum atomic E-state index is 13.6. The van der Waals surface area contributed by atoms with Crippen LogP contribution >= 0.6 is 7.82 Å². The highest BCUT2D eigenvalue weighted by atomic mass is 31.2. The van der Waals surface area contributed by atoms with E-state index in [1.807, 2.05) is 0 Å². The second-order valence-electron chi connectivity index (χ2n) is 10.6. The first-order valence-electron chi connectivity index (χ1n) is 15.3. The first-order chi connectivity index (χ1) is 24.2. The molecule has 4 aromatic carbocycles. The van der Waals surface area contributed by atoms with Crippen LogP contribution in [-0.4, -0.2) is 75.4 Å². The van der Waals surface area contributed by atoms with Crippen LogP contribution in [0.15, 0.2) is 121 Å². The molecule has 0 spiro atoms. The van der Waals surface area contributed by atoms with Crippen LogP contribution < -0.4 is 0 Å². The van der Waals surface area contributed by atoms with Gasteiger partial charge in [0.05, 0.1) is 22.3 Å². The standard InChI is InChI=1S/C36H33O13P/c1-42-50(41,43-2)49-36-31(48-35(40)27-21-13-6-14-22-27)30(47-34(39)26-19-11-5-12-20-26)29(46-33(38)25-17-9-4-10-18-25)28(45-36)23-44-32(37)24-15-7-3-8-16-24/h3-22,28-31,36H,23H2,1-2H3/t28-,29-,30+,31-,36-/m1/s1. The van der Waals surface area contributed by atoms with E-state index >= 15 is 0 Å². The van der Waals surface area contributed by atoms with Gasteiger partial charge in [0.15, 0.2) is 18.3 Å². The van der Waals surface area contributed by atoms with Gasteiger partial charge >= 0.3 is 31.7 Å². The number of carbonyl (C=O) groups excluding carboxylic acids is 4. The van der Waals surface area contributed by atoms with Gasteiger partial charge in [-0.05, 0) is 48.5 Å². The Bertz CT molecular complexity index is 1780. The number of benzene rings is 4. The van der Waals surface area contributed by atoms with Gasteiger partial charge in [0.25, 0.3) is 0 Å². The van der Waals surface area contributed by atoms with Crippen LogP contribution in [0.1, 0.15) is 41.4 Å².